The van der Waals surface area contributed by atoms with E-state index in [1.54, 1.807) is 18.1 Å². The second-order valence-corrected chi connectivity index (χ2v) is 11.0. The van der Waals surface area contributed by atoms with Gasteiger partial charge >= 0.3 is 6.09 Å². The van der Waals surface area contributed by atoms with Gasteiger partial charge in [-0.15, -0.1) is 0 Å². The van der Waals surface area contributed by atoms with E-state index in [1.807, 2.05) is 57.2 Å². The lowest BCUT2D eigenvalue weighted by Crippen LogP contribution is -2.50. The lowest BCUT2D eigenvalue weighted by atomic mass is 10.1. The van der Waals surface area contributed by atoms with Crippen LogP contribution in [0, 0.1) is 0 Å². The van der Waals surface area contributed by atoms with Crippen molar-refractivity contribution in [1.29, 1.82) is 0 Å². The number of ether oxygens (including phenoxy) is 2. The van der Waals surface area contributed by atoms with E-state index in [0.717, 1.165) is 28.4 Å². The molecule has 0 bridgehead atoms. The van der Waals surface area contributed by atoms with Gasteiger partial charge in [0.2, 0.25) is 5.91 Å². The molecule has 1 atom stereocenters. The number of hydrogen-bond acceptors (Lipinski definition) is 5. The number of hydrogen-bond donors (Lipinski definition) is 1. The maximum absolute atomic E-state index is 12.8. The SMILES string of the molecule is COc1ccccc1Sc1ccc(/C=C/C(=O)N2CCCC(NC(=O)OC(C)(C)C)C2)c(Cl)c1Cl. The first kappa shape index (κ1) is 27.2. The number of likely N-dealkylation sites (tertiary alicyclic amines) is 1. The number of carbonyl (C=O) groups excluding carboxylic acids is 2. The molecule has 9 heteroatoms. The van der Waals surface area contributed by atoms with E-state index in [9.17, 15) is 9.59 Å². The number of para-hydroxylation sites is 1. The number of nitrogens with one attached hydrogen (secondary N) is 1. The molecule has 1 aliphatic heterocycles. The number of benzene rings is 2. The molecule has 1 fully saturated rings. The molecule has 0 aliphatic carbocycles. The largest absolute Gasteiger partial charge is 0.496 e. The fourth-order valence-corrected chi connectivity index (χ4v) is 5.15. The first-order valence-corrected chi connectivity index (χ1v) is 12.9. The smallest absolute Gasteiger partial charge is 0.407 e. The number of amides is 2. The maximum atomic E-state index is 12.8. The van der Waals surface area contributed by atoms with Crippen LogP contribution in [0.2, 0.25) is 10.0 Å². The normalized spacial score (nSPS) is 16.3. The zero-order chi connectivity index (χ0) is 25.6. The molecule has 0 saturated carbocycles. The van der Waals surface area contributed by atoms with Crippen LogP contribution in [0.5, 0.6) is 5.75 Å². The highest BCUT2D eigenvalue weighted by atomic mass is 35.5. The molecule has 1 aliphatic rings. The molecule has 2 aromatic rings. The minimum absolute atomic E-state index is 0.152. The number of carbonyl (C=O) groups is 2. The van der Waals surface area contributed by atoms with E-state index in [2.05, 4.69) is 5.32 Å². The summed E-state index contributed by atoms with van der Waals surface area (Å²) in [4.78, 5) is 28.3. The number of alkyl carbamates (subject to hydrolysis) is 1. The van der Waals surface area contributed by atoms with Gasteiger partial charge in [0.1, 0.15) is 11.4 Å². The van der Waals surface area contributed by atoms with Crippen molar-refractivity contribution < 1.29 is 19.1 Å². The third-order valence-corrected chi connectivity index (χ3v) is 7.35. The molecule has 2 amide bonds. The summed E-state index contributed by atoms with van der Waals surface area (Å²) in [7, 11) is 1.62. The van der Waals surface area contributed by atoms with E-state index < -0.39 is 11.7 Å². The Morgan fingerprint density at radius 2 is 1.86 bits per heavy atom. The molecule has 188 valence electrons. The molecule has 2 aromatic carbocycles. The maximum Gasteiger partial charge on any atom is 0.407 e. The Balaban J connectivity index is 1.64. The summed E-state index contributed by atoms with van der Waals surface area (Å²) in [5.74, 6) is 0.598. The summed E-state index contributed by atoms with van der Waals surface area (Å²) >= 11 is 14.5. The van der Waals surface area contributed by atoms with Crippen LogP contribution >= 0.6 is 35.0 Å². The Kier molecular flexibility index (Phi) is 9.39. The highest BCUT2D eigenvalue weighted by Crippen LogP contribution is 2.42. The van der Waals surface area contributed by atoms with Crippen LogP contribution in [0.15, 0.2) is 52.3 Å². The van der Waals surface area contributed by atoms with Crippen molar-refractivity contribution in [2.45, 2.75) is 55.0 Å². The molecule has 1 unspecified atom stereocenters. The summed E-state index contributed by atoms with van der Waals surface area (Å²) in [5.41, 5.74) is 0.0773. The number of rotatable bonds is 6. The predicted molar refractivity (Wildman–Crippen MR) is 142 cm³/mol. The molecular formula is C26H30Cl2N2O4S. The average Bonchev–Trinajstić information content (AvgIpc) is 2.80. The van der Waals surface area contributed by atoms with E-state index in [1.165, 1.54) is 17.8 Å². The van der Waals surface area contributed by atoms with Crippen LogP contribution in [-0.4, -0.2) is 48.7 Å². The van der Waals surface area contributed by atoms with Gasteiger partial charge in [0, 0.05) is 30.1 Å². The second kappa shape index (κ2) is 12.1. The van der Waals surface area contributed by atoms with Crippen LogP contribution in [0.1, 0.15) is 39.2 Å². The zero-order valence-electron chi connectivity index (χ0n) is 20.3. The zero-order valence-corrected chi connectivity index (χ0v) is 22.6. The summed E-state index contributed by atoms with van der Waals surface area (Å²) < 4.78 is 10.7. The standard InChI is InChI=1S/C26H30Cl2N2O4S/c1-26(2,3)34-25(32)29-18-8-7-15-30(16-18)22(31)14-12-17-11-13-21(24(28)23(17)27)35-20-10-6-5-9-19(20)33-4/h5-6,9-14,18H,7-8,15-16H2,1-4H3,(H,29,32)/b14-12+. The van der Waals surface area contributed by atoms with Crippen molar-refractivity contribution in [3.8, 4) is 5.75 Å². The Hall–Kier alpha value is -2.35. The van der Waals surface area contributed by atoms with Crippen molar-refractivity contribution in [3.05, 3.63) is 58.1 Å². The van der Waals surface area contributed by atoms with Crippen molar-refractivity contribution in [2.75, 3.05) is 20.2 Å². The summed E-state index contributed by atoms with van der Waals surface area (Å²) in [6.45, 7) is 6.49. The van der Waals surface area contributed by atoms with E-state index in [4.69, 9.17) is 32.7 Å². The molecule has 0 radical (unpaired) electrons. The molecule has 35 heavy (non-hydrogen) atoms. The third kappa shape index (κ3) is 7.82. The van der Waals surface area contributed by atoms with Crippen LogP contribution in [0.4, 0.5) is 4.79 Å². The molecular weight excluding hydrogens is 507 g/mol. The summed E-state index contributed by atoms with van der Waals surface area (Å²) in [6, 6.07) is 11.2. The van der Waals surface area contributed by atoms with E-state index in [0.29, 0.717) is 28.7 Å². The fourth-order valence-electron chi connectivity index (χ4n) is 3.61. The first-order chi connectivity index (χ1) is 16.6. The predicted octanol–water partition coefficient (Wildman–Crippen LogP) is 6.68. The fraction of sp³-hybridized carbons (Fsp3) is 0.385. The van der Waals surface area contributed by atoms with Gasteiger partial charge in [-0.2, -0.15) is 0 Å². The third-order valence-electron chi connectivity index (χ3n) is 5.23. The van der Waals surface area contributed by atoms with Crippen LogP contribution in [0.3, 0.4) is 0 Å². The van der Waals surface area contributed by atoms with Crippen molar-refractivity contribution in [1.82, 2.24) is 10.2 Å². The minimum atomic E-state index is -0.571. The Labute approximate surface area is 220 Å². The van der Waals surface area contributed by atoms with Gasteiger partial charge in [0.15, 0.2) is 0 Å². The molecule has 1 N–H and O–H groups in total. The van der Waals surface area contributed by atoms with Crippen LogP contribution in [-0.2, 0) is 9.53 Å². The second-order valence-electron chi connectivity index (χ2n) is 9.14. The van der Waals surface area contributed by atoms with Gasteiger partial charge in [-0.1, -0.05) is 53.2 Å². The molecule has 3 rings (SSSR count). The summed E-state index contributed by atoms with van der Waals surface area (Å²) in [6.07, 6.45) is 4.26. The molecule has 1 saturated heterocycles. The minimum Gasteiger partial charge on any atom is -0.496 e. The van der Waals surface area contributed by atoms with Gasteiger partial charge in [-0.3, -0.25) is 4.79 Å². The lowest BCUT2D eigenvalue weighted by molar-refractivity contribution is -0.127. The Bertz CT molecular complexity index is 1100. The van der Waals surface area contributed by atoms with Crippen molar-refractivity contribution >= 4 is 53.0 Å². The molecule has 0 aromatic heterocycles. The first-order valence-electron chi connectivity index (χ1n) is 11.3. The lowest BCUT2D eigenvalue weighted by Gasteiger charge is -2.33. The topological polar surface area (TPSA) is 67.9 Å². The monoisotopic (exact) mass is 536 g/mol. The van der Waals surface area contributed by atoms with Gasteiger partial charge in [-0.05, 0) is 63.5 Å². The molecule has 1 heterocycles. The Morgan fingerprint density at radius 3 is 2.57 bits per heavy atom. The van der Waals surface area contributed by atoms with Gasteiger partial charge in [0.25, 0.3) is 0 Å². The van der Waals surface area contributed by atoms with Gasteiger partial charge in [-0.25, -0.2) is 4.79 Å². The number of nitrogens with zero attached hydrogens (tertiary/aromatic N) is 1. The van der Waals surface area contributed by atoms with Crippen LogP contribution < -0.4 is 10.1 Å². The van der Waals surface area contributed by atoms with Crippen molar-refractivity contribution in [2.24, 2.45) is 0 Å². The average molecular weight is 538 g/mol. The van der Waals surface area contributed by atoms with Crippen molar-refractivity contribution in [3.63, 3.8) is 0 Å². The van der Waals surface area contributed by atoms with E-state index in [-0.39, 0.29) is 11.9 Å². The molecule has 0 spiro atoms. The highest BCUT2D eigenvalue weighted by molar-refractivity contribution is 7.99. The van der Waals surface area contributed by atoms with Gasteiger partial charge < -0.3 is 19.7 Å². The van der Waals surface area contributed by atoms with Gasteiger partial charge in [0.05, 0.1) is 22.1 Å². The van der Waals surface area contributed by atoms with E-state index >= 15 is 0 Å². The highest BCUT2D eigenvalue weighted by Gasteiger charge is 2.26. The molecule has 6 nitrogen and oxygen atoms in total. The Morgan fingerprint density at radius 1 is 1.11 bits per heavy atom. The van der Waals surface area contributed by atoms with Crippen LogP contribution in [0.25, 0.3) is 6.08 Å². The quantitative estimate of drug-likeness (QED) is 0.417. The number of piperidine rings is 1. The summed E-state index contributed by atoms with van der Waals surface area (Å²) in [5, 5.41) is 3.64. The number of methoxy groups -OCH3 is 1. The number of halogens is 2.